The van der Waals surface area contributed by atoms with E-state index >= 15 is 0 Å². The number of hydrogen-bond acceptors (Lipinski definition) is 2. The molecule has 1 unspecified atom stereocenters. The zero-order chi connectivity index (χ0) is 13.8. The lowest BCUT2D eigenvalue weighted by Gasteiger charge is -2.23. The number of nitrogens with one attached hydrogen (secondary N) is 2. The number of hydrogen-bond donors (Lipinski definition) is 2. The summed E-state index contributed by atoms with van der Waals surface area (Å²) in [6.07, 6.45) is 0.541. The molecule has 1 aromatic rings. The molecule has 102 valence electrons. The van der Waals surface area contributed by atoms with E-state index in [9.17, 15) is 18.4 Å². The lowest BCUT2D eigenvalue weighted by molar-refractivity contribution is -0.125. The topological polar surface area (TPSA) is 58.2 Å². The molecule has 0 radical (unpaired) electrons. The van der Waals surface area contributed by atoms with Gasteiger partial charge in [-0.05, 0) is 18.6 Å². The fourth-order valence-electron chi connectivity index (χ4n) is 2.00. The summed E-state index contributed by atoms with van der Waals surface area (Å²) in [7, 11) is 0. The minimum Gasteiger partial charge on any atom is -0.354 e. The van der Waals surface area contributed by atoms with E-state index in [1.54, 1.807) is 0 Å². The number of benzene rings is 1. The first-order chi connectivity index (χ1) is 9.06. The highest BCUT2D eigenvalue weighted by Crippen LogP contribution is 2.13. The predicted octanol–water partition coefficient (Wildman–Crippen LogP) is 0.902. The molecule has 6 heteroatoms. The molecule has 0 aliphatic carbocycles. The number of amides is 2. The first-order valence-electron chi connectivity index (χ1n) is 6.05. The van der Waals surface area contributed by atoms with Crippen LogP contribution in [0.3, 0.4) is 0 Å². The number of carbonyl (C=O) groups excluding carboxylic acids is 2. The van der Waals surface area contributed by atoms with Crippen LogP contribution in [0.5, 0.6) is 0 Å². The smallest absolute Gasteiger partial charge is 0.224 e. The van der Waals surface area contributed by atoms with Crippen LogP contribution in [0.15, 0.2) is 18.2 Å². The number of halogens is 2. The van der Waals surface area contributed by atoms with Crippen LogP contribution in [0.25, 0.3) is 0 Å². The van der Waals surface area contributed by atoms with Crippen molar-refractivity contribution in [3.05, 3.63) is 35.4 Å². The zero-order valence-corrected chi connectivity index (χ0v) is 10.2. The molecule has 2 N–H and O–H groups in total. The first kappa shape index (κ1) is 13.5. The fourth-order valence-corrected chi connectivity index (χ4v) is 2.00. The van der Waals surface area contributed by atoms with Crippen LogP contribution in [-0.2, 0) is 16.0 Å². The van der Waals surface area contributed by atoms with Crippen molar-refractivity contribution in [3.63, 3.8) is 0 Å². The van der Waals surface area contributed by atoms with Crippen LogP contribution in [0.4, 0.5) is 8.78 Å². The number of piperidine rings is 1. The predicted molar refractivity (Wildman–Crippen MR) is 64.2 cm³/mol. The van der Waals surface area contributed by atoms with Gasteiger partial charge in [0.2, 0.25) is 11.8 Å². The molecule has 1 aliphatic heterocycles. The molecule has 1 aliphatic rings. The first-order valence-corrected chi connectivity index (χ1v) is 6.05. The normalized spacial score (nSPS) is 18.8. The summed E-state index contributed by atoms with van der Waals surface area (Å²) >= 11 is 0. The third kappa shape index (κ3) is 3.49. The third-order valence-corrected chi connectivity index (χ3v) is 3.03. The molecular weight excluding hydrogens is 254 g/mol. The van der Waals surface area contributed by atoms with Crippen LogP contribution in [-0.4, -0.2) is 24.4 Å². The Labute approximate surface area is 109 Å². The second-order valence-corrected chi connectivity index (χ2v) is 4.48. The monoisotopic (exact) mass is 268 g/mol. The molecule has 19 heavy (non-hydrogen) atoms. The highest BCUT2D eigenvalue weighted by molar-refractivity contribution is 5.80. The Kier molecular flexibility index (Phi) is 4.09. The average Bonchev–Trinajstić information content (AvgIpc) is 2.37. The van der Waals surface area contributed by atoms with Crippen molar-refractivity contribution in [1.29, 1.82) is 0 Å². The molecule has 0 aromatic heterocycles. The maximum absolute atomic E-state index is 13.4. The van der Waals surface area contributed by atoms with Gasteiger partial charge in [0.15, 0.2) is 0 Å². The van der Waals surface area contributed by atoms with Gasteiger partial charge in [-0.25, -0.2) is 8.78 Å². The van der Waals surface area contributed by atoms with Crippen LogP contribution in [0.1, 0.15) is 18.4 Å². The van der Waals surface area contributed by atoms with Gasteiger partial charge in [0.25, 0.3) is 0 Å². The van der Waals surface area contributed by atoms with Gasteiger partial charge in [0, 0.05) is 24.6 Å². The molecule has 2 amide bonds. The molecule has 4 nitrogen and oxygen atoms in total. The van der Waals surface area contributed by atoms with Crippen molar-refractivity contribution in [2.75, 3.05) is 6.54 Å². The van der Waals surface area contributed by atoms with Gasteiger partial charge >= 0.3 is 0 Å². The molecular formula is C13H14F2N2O2. The minimum atomic E-state index is -0.730. The van der Waals surface area contributed by atoms with Crippen molar-refractivity contribution in [2.45, 2.75) is 25.3 Å². The Morgan fingerprint density at radius 3 is 2.63 bits per heavy atom. The summed E-state index contributed by atoms with van der Waals surface area (Å²) in [6.45, 7) is 0.352. The van der Waals surface area contributed by atoms with Crippen LogP contribution in [0, 0.1) is 11.6 Å². The second kappa shape index (κ2) is 5.77. The molecule has 1 atom stereocenters. The average molecular weight is 268 g/mol. The number of rotatable bonds is 3. The Hall–Kier alpha value is -1.98. The van der Waals surface area contributed by atoms with E-state index in [2.05, 4.69) is 10.6 Å². The Morgan fingerprint density at radius 1 is 1.37 bits per heavy atom. The molecule has 0 bridgehead atoms. The van der Waals surface area contributed by atoms with Gasteiger partial charge in [0.05, 0.1) is 6.42 Å². The van der Waals surface area contributed by atoms with Crippen molar-refractivity contribution in [1.82, 2.24) is 10.6 Å². The van der Waals surface area contributed by atoms with Crippen molar-refractivity contribution in [2.24, 2.45) is 0 Å². The minimum absolute atomic E-state index is 0.0503. The van der Waals surface area contributed by atoms with E-state index in [4.69, 9.17) is 0 Å². The highest BCUT2D eigenvalue weighted by Gasteiger charge is 2.20. The summed E-state index contributed by atoms with van der Waals surface area (Å²) in [5, 5.41) is 5.28. The number of carbonyl (C=O) groups is 2. The summed E-state index contributed by atoms with van der Waals surface area (Å²) in [5.74, 6) is -1.96. The van der Waals surface area contributed by atoms with Crippen molar-refractivity contribution < 1.29 is 18.4 Å². The van der Waals surface area contributed by atoms with E-state index in [1.807, 2.05) is 0 Å². The standard InChI is InChI=1S/C13H14F2N2O2/c14-10-2-1-3-11(15)9(10)6-13(19)17-8-4-5-12(18)16-7-8/h1-3,8H,4-7H2,(H,16,18)(H,17,19). The Bertz CT molecular complexity index is 475. The summed E-state index contributed by atoms with van der Waals surface area (Å²) in [5.41, 5.74) is -0.236. The van der Waals surface area contributed by atoms with Gasteiger partial charge in [-0.1, -0.05) is 6.07 Å². The van der Waals surface area contributed by atoms with Crippen LogP contribution < -0.4 is 10.6 Å². The zero-order valence-electron chi connectivity index (χ0n) is 10.2. The third-order valence-electron chi connectivity index (χ3n) is 3.03. The fraction of sp³-hybridized carbons (Fsp3) is 0.385. The van der Waals surface area contributed by atoms with Gasteiger partial charge in [-0.15, -0.1) is 0 Å². The van der Waals surface area contributed by atoms with Crippen molar-refractivity contribution in [3.8, 4) is 0 Å². The maximum Gasteiger partial charge on any atom is 0.224 e. The molecule has 0 spiro atoms. The lowest BCUT2D eigenvalue weighted by Crippen LogP contribution is -2.48. The molecule has 1 heterocycles. The Balaban J connectivity index is 1.92. The maximum atomic E-state index is 13.4. The lowest BCUT2D eigenvalue weighted by atomic mass is 10.1. The van der Waals surface area contributed by atoms with Crippen LogP contribution in [0.2, 0.25) is 0 Å². The van der Waals surface area contributed by atoms with Crippen LogP contribution >= 0.6 is 0 Å². The van der Waals surface area contributed by atoms with Gasteiger partial charge in [0.1, 0.15) is 11.6 Å². The SMILES string of the molecule is O=C1CCC(NC(=O)Cc2c(F)cccc2F)CN1. The molecule has 1 fully saturated rings. The summed E-state index contributed by atoms with van der Waals surface area (Å²) < 4.78 is 26.7. The summed E-state index contributed by atoms with van der Waals surface area (Å²) in [4.78, 5) is 22.7. The summed E-state index contributed by atoms with van der Waals surface area (Å²) in [6, 6.07) is 3.31. The van der Waals surface area contributed by atoms with Gasteiger partial charge in [-0.3, -0.25) is 9.59 Å². The van der Waals surface area contributed by atoms with E-state index in [-0.39, 0.29) is 23.9 Å². The quantitative estimate of drug-likeness (QED) is 0.855. The van der Waals surface area contributed by atoms with Gasteiger partial charge in [-0.2, -0.15) is 0 Å². The van der Waals surface area contributed by atoms with E-state index in [0.29, 0.717) is 19.4 Å². The highest BCUT2D eigenvalue weighted by atomic mass is 19.1. The Morgan fingerprint density at radius 2 is 2.05 bits per heavy atom. The van der Waals surface area contributed by atoms with E-state index < -0.39 is 17.5 Å². The van der Waals surface area contributed by atoms with E-state index in [1.165, 1.54) is 6.07 Å². The second-order valence-electron chi connectivity index (χ2n) is 4.48. The van der Waals surface area contributed by atoms with Crippen molar-refractivity contribution >= 4 is 11.8 Å². The molecule has 2 rings (SSSR count). The van der Waals surface area contributed by atoms with Gasteiger partial charge < -0.3 is 10.6 Å². The largest absolute Gasteiger partial charge is 0.354 e. The molecule has 1 aromatic carbocycles. The molecule has 0 saturated carbocycles. The van der Waals surface area contributed by atoms with E-state index in [0.717, 1.165) is 12.1 Å². The molecule has 1 saturated heterocycles.